The minimum Gasteiger partial charge on any atom is -0.478 e. The first-order chi connectivity index (χ1) is 13.3. The molecule has 150 valence electrons. The molecular weight excluding hydrogens is 385 g/mol. The number of anilines is 2. The lowest BCUT2D eigenvalue weighted by Gasteiger charge is -2.36. The van der Waals surface area contributed by atoms with Crippen molar-refractivity contribution < 1.29 is 22.7 Å². The van der Waals surface area contributed by atoms with Crippen molar-refractivity contribution >= 4 is 27.4 Å². The Morgan fingerprint density at radius 2 is 1.75 bits per heavy atom. The van der Waals surface area contributed by atoms with Crippen LogP contribution >= 0.6 is 0 Å². The number of carboxylic acid groups (broad SMARTS) is 1. The normalized spacial score (nSPS) is 15.4. The molecule has 1 heterocycles. The maximum atomic E-state index is 13.1. The van der Waals surface area contributed by atoms with Gasteiger partial charge in [0.25, 0.3) is 10.0 Å². The molecule has 0 amide bonds. The number of carbonyl (C=O) groups is 1. The molecule has 0 saturated carbocycles. The number of hydrogen-bond donors (Lipinski definition) is 2. The number of nitrogens with one attached hydrogen (secondary N) is 1. The Morgan fingerprint density at radius 1 is 1.11 bits per heavy atom. The van der Waals surface area contributed by atoms with Crippen LogP contribution in [0.5, 0.6) is 0 Å². The SMILES string of the molecule is CCN1CCN(c2ccc(C(=O)O)cc2NS(=O)(=O)c2ccc(F)cc2)CC1. The lowest BCUT2D eigenvalue weighted by atomic mass is 10.1. The maximum absolute atomic E-state index is 13.1. The van der Waals surface area contributed by atoms with Crippen molar-refractivity contribution in [2.24, 2.45) is 0 Å². The second-order valence-electron chi connectivity index (χ2n) is 6.52. The Hall–Kier alpha value is -2.65. The number of piperazine rings is 1. The molecule has 9 heteroatoms. The van der Waals surface area contributed by atoms with Crippen LogP contribution in [0.15, 0.2) is 47.4 Å². The lowest BCUT2D eigenvalue weighted by molar-refractivity contribution is 0.0697. The molecule has 1 fully saturated rings. The number of benzene rings is 2. The molecule has 0 bridgehead atoms. The van der Waals surface area contributed by atoms with E-state index in [4.69, 9.17) is 0 Å². The number of rotatable bonds is 6. The average molecular weight is 407 g/mol. The van der Waals surface area contributed by atoms with Crippen LogP contribution in [-0.2, 0) is 10.0 Å². The first-order valence-electron chi connectivity index (χ1n) is 8.93. The van der Waals surface area contributed by atoms with Crippen LogP contribution in [0.25, 0.3) is 0 Å². The zero-order valence-electron chi connectivity index (χ0n) is 15.4. The Morgan fingerprint density at radius 3 is 2.32 bits per heavy atom. The zero-order valence-corrected chi connectivity index (χ0v) is 16.2. The predicted octanol–water partition coefficient (Wildman–Crippen LogP) is 2.47. The van der Waals surface area contributed by atoms with Gasteiger partial charge in [0.2, 0.25) is 0 Å². The van der Waals surface area contributed by atoms with E-state index in [-0.39, 0.29) is 16.1 Å². The highest BCUT2D eigenvalue weighted by Gasteiger charge is 2.22. The van der Waals surface area contributed by atoms with Crippen molar-refractivity contribution in [1.82, 2.24) is 4.90 Å². The second kappa shape index (κ2) is 8.15. The summed E-state index contributed by atoms with van der Waals surface area (Å²) in [5.41, 5.74) is 0.786. The molecule has 0 unspecified atom stereocenters. The van der Waals surface area contributed by atoms with Crippen molar-refractivity contribution in [3.63, 3.8) is 0 Å². The van der Waals surface area contributed by atoms with E-state index in [0.29, 0.717) is 18.8 Å². The van der Waals surface area contributed by atoms with Crippen molar-refractivity contribution in [3.8, 4) is 0 Å². The number of halogens is 1. The highest BCUT2D eigenvalue weighted by Crippen LogP contribution is 2.30. The third-order valence-corrected chi connectivity index (χ3v) is 6.15. The van der Waals surface area contributed by atoms with Crippen molar-refractivity contribution in [1.29, 1.82) is 0 Å². The summed E-state index contributed by atoms with van der Waals surface area (Å²) in [7, 11) is -4.00. The molecule has 2 aromatic rings. The van der Waals surface area contributed by atoms with Gasteiger partial charge in [-0.1, -0.05) is 6.92 Å². The average Bonchev–Trinajstić information content (AvgIpc) is 2.68. The van der Waals surface area contributed by atoms with Gasteiger partial charge in [0, 0.05) is 26.2 Å². The van der Waals surface area contributed by atoms with Gasteiger partial charge in [-0.2, -0.15) is 0 Å². The van der Waals surface area contributed by atoms with Crippen molar-refractivity contribution in [3.05, 3.63) is 53.8 Å². The molecular formula is C19H22FN3O4S. The Kier molecular flexibility index (Phi) is 5.85. The minimum atomic E-state index is -4.00. The van der Waals surface area contributed by atoms with Gasteiger partial charge >= 0.3 is 5.97 Å². The highest BCUT2D eigenvalue weighted by atomic mass is 32.2. The molecule has 0 spiro atoms. The Bertz CT molecular complexity index is 956. The molecule has 3 rings (SSSR count). The summed E-state index contributed by atoms with van der Waals surface area (Å²) < 4.78 is 41.0. The van der Waals surface area contributed by atoms with Gasteiger partial charge < -0.3 is 14.9 Å². The van der Waals surface area contributed by atoms with Gasteiger partial charge in [-0.05, 0) is 49.0 Å². The van der Waals surface area contributed by atoms with Gasteiger partial charge in [0.1, 0.15) is 5.82 Å². The number of aromatic carboxylic acids is 1. The third-order valence-electron chi connectivity index (χ3n) is 4.77. The highest BCUT2D eigenvalue weighted by molar-refractivity contribution is 7.92. The largest absolute Gasteiger partial charge is 0.478 e. The summed E-state index contributed by atoms with van der Waals surface area (Å²) in [4.78, 5) is 15.6. The number of hydrogen-bond acceptors (Lipinski definition) is 5. The molecule has 0 atom stereocenters. The van der Waals surface area contributed by atoms with Crippen LogP contribution in [0.4, 0.5) is 15.8 Å². The number of carboxylic acids is 1. The summed E-state index contributed by atoms with van der Waals surface area (Å²) in [6.45, 7) is 6.09. The van der Waals surface area contributed by atoms with E-state index in [1.165, 1.54) is 24.3 Å². The zero-order chi connectivity index (χ0) is 20.3. The fraction of sp³-hybridized carbons (Fsp3) is 0.316. The minimum absolute atomic E-state index is 0.0206. The van der Waals surface area contributed by atoms with Crippen LogP contribution in [0.3, 0.4) is 0 Å². The van der Waals surface area contributed by atoms with E-state index < -0.39 is 21.8 Å². The summed E-state index contributed by atoms with van der Waals surface area (Å²) in [6, 6.07) is 8.84. The molecule has 28 heavy (non-hydrogen) atoms. The monoisotopic (exact) mass is 407 g/mol. The van der Waals surface area contributed by atoms with E-state index in [1.807, 2.05) is 4.90 Å². The molecule has 2 aromatic carbocycles. The molecule has 0 aliphatic carbocycles. The first kappa shape index (κ1) is 20.1. The fourth-order valence-electron chi connectivity index (χ4n) is 3.15. The van der Waals surface area contributed by atoms with Gasteiger partial charge in [-0.15, -0.1) is 0 Å². The topological polar surface area (TPSA) is 89.9 Å². The van der Waals surface area contributed by atoms with Crippen molar-refractivity contribution in [2.75, 3.05) is 42.3 Å². The van der Waals surface area contributed by atoms with Gasteiger partial charge in [0.05, 0.1) is 21.8 Å². The predicted molar refractivity (Wildman–Crippen MR) is 105 cm³/mol. The van der Waals surface area contributed by atoms with Crippen LogP contribution in [0.2, 0.25) is 0 Å². The third kappa shape index (κ3) is 4.42. The Labute approximate surface area is 163 Å². The van der Waals surface area contributed by atoms with Crippen molar-refractivity contribution in [2.45, 2.75) is 11.8 Å². The Balaban J connectivity index is 1.94. The van der Waals surface area contributed by atoms with Gasteiger partial charge in [-0.25, -0.2) is 17.6 Å². The van der Waals surface area contributed by atoms with Crippen LogP contribution in [0.1, 0.15) is 17.3 Å². The van der Waals surface area contributed by atoms with E-state index in [2.05, 4.69) is 16.5 Å². The fourth-order valence-corrected chi connectivity index (χ4v) is 4.21. The standard InChI is InChI=1S/C19H22FN3O4S/c1-2-22-9-11-23(12-10-22)18-8-3-14(19(24)25)13-17(18)21-28(26,27)16-6-4-15(20)5-7-16/h3-8,13,21H,2,9-12H2,1H3,(H,24,25). The molecule has 1 saturated heterocycles. The van der Waals surface area contributed by atoms with Crippen LogP contribution < -0.4 is 9.62 Å². The summed E-state index contributed by atoms with van der Waals surface area (Å²) in [6.07, 6.45) is 0. The molecule has 0 radical (unpaired) electrons. The lowest BCUT2D eigenvalue weighted by Crippen LogP contribution is -2.46. The van der Waals surface area contributed by atoms with Gasteiger partial charge in [-0.3, -0.25) is 4.72 Å². The van der Waals surface area contributed by atoms with Crippen LogP contribution in [0, 0.1) is 5.82 Å². The molecule has 2 N–H and O–H groups in total. The summed E-state index contributed by atoms with van der Waals surface area (Å²) >= 11 is 0. The van der Waals surface area contributed by atoms with E-state index >= 15 is 0 Å². The second-order valence-corrected chi connectivity index (χ2v) is 8.20. The number of nitrogens with zero attached hydrogens (tertiary/aromatic N) is 2. The van der Waals surface area contributed by atoms with E-state index in [1.54, 1.807) is 6.07 Å². The quantitative estimate of drug-likeness (QED) is 0.765. The number of likely N-dealkylation sites (N-methyl/N-ethyl adjacent to an activating group) is 1. The molecule has 7 nitrogen and oxygen atoms in total. The summed E-state index contributed by atoms with van der Waals surface area (Å²) in [5, 5.41) is 9.28. The van der Waals surface area contributed by atoms with E-state index in [0.717, 1.165) is 31.8 Å². The summed E-state index contributed by atoms with van der Waals surface area (Å²) in [5.74, 6) is -1.69. The smallest absolute Gasteiger partial charge is 0.335 e. The van der Waals surface area contributed by atoms with E-state index in [9.17, 15) is 22.7 Å². The molecule has 1 aliphatic heterocycles. The molecule has 1 aliphatic rings. The molecule has 0 aromatic heterocycles. The maximum Gasteiger partial charge on any atom is 0.335 e. The first-order valence-corrected chi connectivity index (χ1v) is 10.4. The van der Waals surface area contributed by atoms with Gasteiger partial charge in [0.15, 0.2) is 0 Å². The van der Waals surface area contributed by atoms with Crippen LogP contribution in [-0.4, -0.2) is 57.1 Å². The number of sulfonamides is 1.